The summed E-state index contributed by atoms with van der Waals surface area (Å²) < 4.78 is 0. The van der Waals surface area contributed by atoms with Crippen LogP contribution in [-0.2, 0) is 0 Å². The van der Waals surface area contributed by atoms with E-state index in [4.69, 9.17) is 0 Å². The van der Waals surface area contributed by atoms with Crippen LogP contribution in [0, 0.1) is 6.92 Å². The van der Waals surface area contributed by atoms with Crippen LogP contribution in [0.15, 0.2) is 60.8 Å². The maximum absolute atomic E-state index is 4.00. The second kappa shape index (κ2) is 5.83. The number of anilines is 1. The Hall–Kier alpha value is -2.55. The molecule has 0 spiro atoms. The molecule has 1 atom stereocenters. The zero-order valence-electron chi connectivity index (χ0n) is 12.3. The highest BCUT2D eigenvalue weighted by molar-refractivity contribution is 5.64. The number of aryl methyl sites for hydroxylation is 1. The Kier molecular flexibility index (Phi) is 3.73. The monoisotopic (exact) mass is 277 g/mol. The van der Waals surface area contributed by atoms with Crippen molar-refractivity contribution in [1.29, 1.82) is 0 Å². The molecule has 106 valence electrons. The van der Waals surface area contributed by atoms with Crippen molar-refractivity contribution in [1.82, 2.24) is 10.2 Å². The van der Waals surface area contributed by atoms with Crippen LogP contribution < -0.4 is 5.32 Å². The minimum absolute atomic E-state index is 0.266. The molecule has 3 heteroatoms. The molecule has 2 N–H and O–H groups in total. The summed E-state index contributed by atoms with van der Waals surface area (Å²) in [6, 6.07) is 19.2. The SMILES string of the molecule is Cc1ccc(C(C)Nc2cccc(-c3ccn[nH]3)c2)cc1. The van der Waals surface area contributed by atoms with Gasteiger partial charge in [0.2, 0.25) is 0 Å². The van der Waals surface area contributed by atoms with Gasteiger partial charge in [-0.15, -0.1) is 0 Å². The third-order valence-corrected chi connectivity index (χ3v) is 3.63. The molecule has 0 aliphatic carbocycles. The maximum atomic E-state index is 4.00. The summed E-state index contributed by atoms with van der Waals surface area (Å²) in [6.45, 7) is 4.28. The van der Waals surface area contributed by atoms with Gasteiger partial charge in [-0.3, -0.25) is 5.10 Å². The lowest BCUT2D eigenvalue weighted by molar-refractivity contribution is 0.884. The van der Waals surface area contributed by atoms with Gasteiger partial charge in [-0.1, -0.05) is 42.0 Å². The number of aromatic nitrogens is 2. The molecule has 0 aliphatic rings. The van der Waals surface area contributed by atoms with Crippen LogP contribution in [0.2, 0.25) is 0 Å². The second-order valence-electron chi connectivity index (χ2n) is 5.33. The maximum Gasteiger partial charge on any atom is 0.0650 e. The van der Waals surface area contributed by atoms with Crippen LogP contribution in [0.25, 0.3) is 11.3 Å². The van der Waals surface area contributed by atoms with Gasteiger partial charge < -0.3 is 5.32 Å². The first-order valence-electron chi connectivity index (χ1n) is 7.15. The molecule has 0 aliphatic heterocycles. The average molecular weight is 277 g/mol. The van der Waals surface area contributed by atoms with Gasteiger partial charge >= 0.3 is 0 Å². The van der Waals surface area contributed by atoms with Gasteiger partial charge in [0.25, 0.3) is 0 Å². The highest BCUT2D eigenvalue weighted by Crippen LogP contribution is 2.24. The fourth-order valence-electron chi connectivity index (χ4n) is 2.38. The van der Waals surface area contributed by atoms with E-state index in [-0.39, 0.29) is 6.04 Å². The molecule has 0 saturated heterocycles. The zero-order valence-corrected chi connectivity index (χ0v) is 12.3. The van der Waals surface area contributed by atoms with E-state index in [9.17, 15) is 0 Å². The van der Waals surface area contributed by atoms with Crippen molar-refractivity contribution in [3.63, 3.8) is 0 Å². The van der Waals surface area contributed by atoms with E-state index in [2.05, 4.69) is 77.9 Å². The van der Waals surface area contributed by atoms with Gasteiger partial charge in [0.05, 0.1) is 5.69 Å². The summed E-state index contributed by atoms with van der Waals surface area (Å²) in [4.78, 5) is 0. The van der Waals surface area contributed by atoms with Gasteiger partial charge in [0, 0.05) is 23.5 Å². The highest BCUT2D eigenvalue weighted by Gasteiger charge is 2.06. The van der Waals surface area contributed by atoms with Crippen molar-refractivity contribution in [2.24, 2.45) is 0 Å². The first-order valence-corrected chi connectivity index (χ1v) is 7.15. The summed E-state index contributed by atoms with van der Waals surface area (Å²) in [5.41, 5.74) is 5.84. The quantitative estimate of drug-likeness (QED) is 0.734. The lowest BCUT2D eigenvalue weighted by atomic mass is 10.1. The Morgan fingerprint density at radius 1 is 1.05 bits per heavy atom. The van der Waals surface area contributed by atoms with E-state index < -0.39 is 0 Å². The highest BCUT2D eigenvalue weighted by atomic mass is 15.1. The lowest BCUT2D eigenvalue weighted by Gasteiger charge is -2.16. The molecule has 2 aromatic carbocycles. The molecule has 0 fully saturated rings. The van der Waals surface area contributed by atoms with Crippen molar-refractivity contribution >= 4 is 5.69 Å². The molecule has 0 amide bonds. The van der Waals surface area contributed by atoms with Gasteiger partial charge in [-0.2, -0.15) is 5.10 Å². The summed E-state index contributed by atoms with van der Waals surface area (Å²) >= 11 is 0. The van der Waals surface area contributed by atoms with E-state index in [0.29, 0.717) is 0 Å². The first-order chi connectivity index (χ1) is 10.2. The van der Waals surface area contributed by atoms with Gasteiger partial charge in [-0.05, 0) is 37.6 Å². The molecule has 0 radical (unpaired) electrons. The molecule has 3 nitrogen and oxygen atoms in total. The van der Waals surface area contributed by atoms with E-state index in [1.807, 2.05) is 6.07 Å². The van der Waals surface area contributed by atoms with Crippen LogP contribution >= 0.6 is 0 Å². The van der Waals surface area contributed by atoms with Crippen molar-refractivity contribution < 1.29 is 0 Å². The summed E-state index contributed by atoms with van der Waals surface area (Å²) in [5, 5.41) is 10.5. The molecule has 1 unspecified atom stereocenters. The topological polar surface area (TPSA) is 40.7 Å². The van der Waals surface area contributed by atoms with Crippen molar-refractivity contribution in [2.45, 2.75) is 19.9 Å². The van der Waals surface area contributed by atoms with E-state index in [1.54, 1.807) is 6.20 Å². The number of aromatic amines is 1. The number of hydrogen-bond donors (Lipinski definition) is 2. The summed E-state index contributed by atoms with van der Waals surface area (Å²) in [7, 11) is 0. The number of rotatable bonds is 4. The van der Waals surface area contributed by atoms with Crippen LogP contribution in [-0.4, -0.2) is 10.2 Å². The van der Waals surface area contributed by atoms with Crippen molar-refractivity contribution in [3.05, 3.63) is 71.9 Å². The number of nitrogens with one attached hydrogen (secondary N) is 2. The Morgan fingerprint density at radius 3 is 2.57 bits per heavy atom. The Balaban J connectivity index is 1.78. The van der Waals surface area contributed by atoms with Crippen molar-refractivity contribution in [3.8, 4) is 11.3 Å². The predicted octanol–water partition coefficient (Wildman–Crippen LogP) is 4.56. The molecule has 0 saturated carbocycles. The number of nitrogens with zero attached hydrogens (tertiary/aromatic N) is 1. The second-order valence-corrected chi connectivity index (χ2v) is 5.33. The first kappa shape index (κ1) is 13.4. The molecule has 21 heavy (non-hydrogen) atoms. The summed E-state index contributed by atoms with van der Waals surface area (Å²) in [5.74, 6) is 0. The van der Waals surface area contributed by atoms with Crippen LogP contribution in [0.1, 0.15) is 24.1 Å². The standard InChI is InChI=1S/C18H19N3/c1-13-6-8-15(9-7-13)14(2)20-17-5-3-4-16(12-17)18-10-11-19-21-18/h3-12,14,20H,1-2H3,(H,19,21). The molecule has 1 aromatic heterocycles. The van der Waals surface area contributed by atoms with Gasteiger partial charge in [0.15, 0.2) is 0 Å². The number of H-pyrrole nitrogens is 1. The van der Waals surface area contributed by atoms with Crippen LogP contribution in [0.3, 0.4) is 0 Å². The molecular weight excluding hydrogens is 258 g/mol. The zero-order chi connectivity index (χ0) is 14.7. The molecule has 3 aromatic rings. The molecule has 1 heterocycles. The Morgan fingerprint density at radius 2 is 1.86 bits per heavy atom. The van der Waals surface area contributed by atoms with Gasteiger partial charge in [-0.25, -0.2) is 0 Å². The third kappa shape index (κ3) is 3.14. The molecular formula is C18H19N3. The predicted molar refractivity (Wildman–Crippen MR) is 87.2 cm³/mol. The Bertz CT molecular complexity index is 700. The summed E-state index contributed by atoms with van der Waals surface area (Å²) in [6.07, 6.45) is 1.77. The minimum Gasteiger partial charge on any atom is -0.379 e. The fraction of sp³-hybridized carbons (Fsp3) is 0.167. The normalized spacial score (nSPS) is 12.1. The van der Waals surface area contributed by atoms with E-state index in [1.165, 1.54) is 11.1 Å². The third-order valence-electron chi connectivity index (χ3n) is 3.63. The van der Waals surface area contributed by atoms with E-state index in [0.717, 1.165) is 16.9 Å². The fourth-order valence-corrected chi connectivity index (χ4v) is 2.38. The van der Waals surface area contributed by atoms with Crippen molar-refractivity contribution in [2.75, 3.05) is 5.32 Å². The minimum atomic E-state index is 0.266. The largest absolute Gasteiger partial charge is 0.379 e. The lowest BCUT2D eigenvalue weighted by Crippen LogP contribution is -2.06. The molecule has 0 bridgehead atoms. The van der Waals surface area contributed by atoms with Gasteiger partial charge in [0.1, 0.15) is 0 Å². The number of hydrogen-bond acceptors (Lipinski definition) is 2. The molecule has 3 rings (SSSR count). The Labute approximate surface area is 125 Å². The van der Waals surface area contributed by atoms with Crippen LogP contribution in [0.5, 0.6) is 0 Å². The van der Waals surface area contributed by atoms with Crippen LogP contribution in [0.4, 0.5) is 5.69 Å². The number of benzene rings is 2. The average Bonchev–Trinajstić information content (AvgIpc) is 3.02. The van der Waals surface area contributed by atoms with E-state index >= 15 is 0 Å². The smallest absolute Gasteiger partial charge is 0.0650 e.